The number of ether oxygens (including phenoxy) is 4. The first kappa shape index (κ1) is 40.8. The van der Waals surface area contributed by atoms with Crippen molar-refractivity contribution in [1.82, 2.24) is 14.2 Å². The Balaban J connectivity index is 1.59. The molecule has 0 amide bonds. The van der Waals surface area contributed by atoms with E-state index in [0.29, 0.717) is 17.1 Å². The van der Waals surface area contributed by atoms with Crippen LogP contribution in [0.3, 0.4) is 0 Å². The third-order valence-corrected chi connectivity index (χ3v) is 11.6. The van der Waals surface area contributed by atoms with Crippen LogP contribution in [0.15, 0.2) is 94.6 Å². The molecule has 13 heteroatoms. The van der Waals surface area contributed by atoms with Gasteiger partial charge in [0, 0.05) is 29.8 Å². The number of nitrogens with one attached hydrogen (secondary N) is 1. The summed E-state index contributed by atoms with van der Waals surface area (Å²) in [4.78, 5) is 27.6. The van der Waals surface area contributed by atoms with E-state index in [0.717, 1.165) is 16.7 Å². The molecule has 1 N–H and O–H groups in total. The third-order valence-electron chi connectivity index (χ3n) is 9.48. The molecule has 1 aliphatic rings. The normalized spacial score (nSPS) is 17.9. The second-order valence-corrected chi connectivity index (χ2v) is 15.2. The highest BCUT2D eigenvalue weighted by Crippen LogP contribution is 2.50. The molecule has 1 aliphatic heterocycles. The summed E-state index contributed by atoms with van der Waals surface area (Å²) in [5.74, 6) is 1.11. The summed E-state index contributed by atoms with van der Waals surface area (Å²) in [6, 6.07) is 28.0. The number of hydrogen-bond acceptors (Lipinski definition) is 10. The minimum atomic E-state index is -1.68. The Hall–Kier alpha value is -4.34. The van der Waals surface area contributed by atoms with E-state index in [9.17, 15) is 14.9 Å². The molecule has 0 aliphatic carbocycles. The van der Waals surface area contributed by atoms with Crippen molar-refractivity contribution < 1.29 is 28.0 Å². The lowest BCUT2D eigenvalue weighted by Crippen LogP contribution is -2.42. The molecule has 0 bridgehead atoms. The zero-order valence-corrected chi connectivity index (χ0v) is 33.0. The van der Waals surface area contributed by atoms with E-state index in [2.05, 4.69) is 43.4 Å². The van der Waals surface area contributed by atoms with Crippen molar-refractivity contribution in [2.24, 2.45) is 5.92 Å². The third kappa shape index (κ3) is 9.29. The lowest BCUT2D eigenvalue weighted by atomic mass is 9.79. The predicted molar refractivity (Wildman–Crippen MR) is 208 cm³/mol. The molecule has 1 saturated heterocycles. The van der Waals surface area contributed by atoms with E-state index < -0.39 is 37.6 Å². The molecule has 5 rings (SSSR count). The van der Waals surface area contributed by atoms with Gasteiger partial charge < -0.3 is 28.0 Å². The lowest BCUT2D eigenvalue weighted by molar-refractivity contribution is -0.0274. The first-order chi connectivity index (χ1) is 26.0. The largest absolute Gasteiger partial charge is 0.497 e. The molecule has 288 valence electrons. The maximum absolute atomic E-state index is 13.0. The van der Waals surface area contributed by atoms with Gasteiger partial charge in [-0.05, 0) is 75.6 Å². The number of aryl methyl sites for hydroxylation is 1. The molecule has 0 spiro atoms. The topological polar surface area (TPSA) is 137 Å². The van der Waals surface area contributed by atoms with Gasteiger partial charge in [0.2, 0.25) is 0 Å². The molecule has 0 saturated carbocycles. The summed E-state index contributed by atoms with van der Waals surface area (Å²) < 4.78 is 41.8. The van der Waals surface area contributed by atoms with Crippen LogP contribution in [0.25, 0.3) is 0 Å². The molecular formula is C41H51N4O8P. The molecule has 54 heavy (non-hydrogen) atoms. The zero-order chi connectivity index (χ0) is 38.8. The molecule has 4 atom stereocenters. The number of benzene rings is 3. The number of H-pyrrole nitrogens is 1. The van der Waals surface area contributed by atoms with Crippen molar-refractivity contribution in [1.29, 1.82) is 5.26 Å². The number of methoxy groups -OCH3 is 2. The summed E-state index contributed by atoms with van der Waals surface area (Å²) in [6.45, 7) is 10.8. The fourth-order valence-corrected chi connectivity index (χ4v) is 8.67. The fourth-order valence-electron chi connectivity index (χ4n) is 6.85. The van der Waals surface area contributed by atoms with Gasteiger partial charge in [-0.25, -0.2) is 9.46 Å². The minimum absolute atomic E-state index is 0.0639. The Morgan fingerprint density at radius 2 is 1.50 bits per heavy atom. The molecule has 3 aromatic carbocycles. The van der Waals surface area contributed by atoms with Gasteiger partial charge in [0.15, 0.2) is 0 Å². The van der Waals surface area contributed by atoms with Crippen LogP contribution in [0, 0.1) is 24.2 Å². The van der Waals surface area contributed by atoms with Gasteiger partial charge in [0.05, 0.1) is 53.1 Å². The maximum Gasteiger partial charge on any atom is 0.328 e. The van der Waals surface area contributed by atoms with E-state index >= 15 is 0 Å². The van der Waals surface area contributed by atoms with Gasteiger partial charge in [-0.2, -0.15) is 5.26 Å². The van der Waals surface area contributed by atoms with Crippen LogP contribution < -0.4 is 20.7 Å². The number of rotatable bonds is 18. The maximum atomic E-state index is 13.0. The number of nitrogens with zero attached hydrogens (tertiary/aromatic N) is 3. The van der Waals surface area contributed by atoms with Crippen LogP contribution in [0.2, 0.25) is 0 Å². The quantitative estimate of drug-likeness (QED) is 0.0676. The molecule has 1 unspecified atom stereocenters. The van der Waals surface area contributed by atoms with E-state index in [1.54, 1.807) is 27.3 Å². The predicted octanol–water partition coefficient (Wildman–Crippen LogP) is 6.55. The van der Waals surface area contributed by atoms with Crippen molar-refractivity contribution in [3.63, 3.8) is 0 Å². The molecule has 1 aromatic heterocycles. The Labute approximate surface area is 318 Å². The van der Waals surface area contributed by atoms with Gasteiger partial charge in [-0.15, -0.1) is 0 Å². The Morgan fingerprint density at radius 3 is 2.04 bits per heavy atom. The van der Waals surface area contributed by atoms with Crippen molar-refractivity contribution in [3.05, 3.63) is 128 Å². The van der Waals surface area contributed by atoms with Gasteiger partial charge in [-0.3, -0.25) is 14.3 Å². The van der Waals surface area contributed by atoms with Crippen molar-refractivity contribution in [3.8, 4) is 17.6 Å². The number of aromatic nitrogens is 2. The van der Waals surface area contributed by atoms with Crippen LogP contribution in [-0.4, -0.2) is 72.6 Å². The Kier molecular flexibility index (Phi) is 14.2. The van der Waals surface area contributed by atoms with Gasteiger partial charge in [0.1, 0.15) is 29.3 Å². The SMILES string of the molecule is COc1ccc(C(OC[C@@H]2CO[C@@H](Cn3cc(C)c(=O)[nH]c3=O)[C@@H]2OP(OCCC#N)N(C(C)C)C(C)C)(c2ccccc2)c2ccc(OC)cc2)cc1. The molecular weight excluding hydrogens is 707 g/mol. The lowest BCUT2D eigenvalue weighted by Gasteiger charge is -2.39. The average Bonchev–Trinajstić information content (AvgIpc) is 3.54. The van der Waals surface area contributed by atoms with Crippen molar-refractivity contribution >= 4 is 8.53 Å². The number of nitriles is 1. The van der Waals surface area contributed by atoms with E-state index in [1.807, 2.05) is 78.9 Å². The van der Waals surface area contributed by atoms with Crippen LogP contribution in [0.5, 0.6) is 11.5 Å². The summed E-state index contributed by atoms with van der Waals surface area (Å²) in [5.41, 5.74) is 1.04. The highest BCUT2D eigenvalue weighted by atomic mass is 31.2. The van der Waals surface area contributed by atoms with Crippen molar-refractivity contribution in [2.45, 2.75) is 77.5 Å². The van der Waals surface area contributed by atoms with Crippen LogP contribution in [0.1, 0.15) is 56.4 Å². The van der Waals surface area contributed by atoms with Crippen LogP contribution >= 0.6 is 8.53 Å². The second kappa shape index (κ2) is 18.8. The zero-order valence-electron chi connectivity index (χ0n) is 32.1. The monoisotopic (exact) mass is 758 g/mol. The highest BCUT2D eigenvalue weighted by molar-refractivity contribution is 7.44. The molecule has 2 heterocycles. The Bertz CT molecular complexity index is 1890. The van der Waals surface area contributed by atoms with Crippen LogP contribution in [0.4, 0.5) is 0 Å². The van der Waals surface area contributed by atoms with Gasteiger partial charge in [-0.1, -0.05) is 54.6 Å². The van der Waals surface area contributed by atoms with E-state index in [1.165, 1.54) is 4.57 Å². The average molecular weight is 759 g/mol. The smallest absolute Gasteiger partial charge is 0.328 e. The van der Waals surface area contributed by atoms with E-state index in [-0.39, 0.29) is 50.8 Å². The first-order valence-corrected chi connectivity index (χ1v) is 19.3. The first-order valence-electron chi connectivity index (χ1n) is 18.2. The molecule has 1 fully saturated rings. The highest BCUT2D eigenvalue weighted by Gasteiger charge is 2.45. The fraction of sp³-hybridized carbons (Fsp3) is 0.439. The second-order valence-electron chi connectivity index (χ2n) is 13.8. The summed E-state index contributed by atoms with van der Waals surface area (Å²) in [6.07, 6.45) is 0.552. The number of aromatic amines is 1. The number of hydrogen-bond donors (Lipinski definition) is 1. The summed E-state index contributed by atoms with van der Waals surface area (Å²) >= 11 is 0. The molecule has 4 aromatic rings. The Morgan fingerprint density at radius 1 is 0.926 bits per heavy atom. The van der Waals surface area contributed by atoms with Gasteiger partial charge in [0.25, 0.3) is 14.1 Å². The molecule has 12 nitrogen and oxygen atoms in total. The standard InChI is InChI=1S/C41H51N4O8P/c1-28(2)45(29(3)4)54(52-23-11-22-42)53-38-31(26-50-37(38)25-44-24-30(5)39(46)43-40(44)47)27-51-41(32-12-9-8-10-13-32,33-14-18-35(48-6)19-15-33)34-16-20-36(49-7)21-17-34/h8-10,12-21,24,28-29,31,37-38H,11,23,25-27H2,1-7H3,(H,43,46,47)/t31-,37-,38+,54?/m0/s1. The van der Waals surface area contributed by atoms with Crippen molar-refractivity contribution in [2.75, 3.05) is 34.0 Å². The summed E-state index contributed by atoms with van der Waals surface area (Å²) in [5, 5.41) is 9.34. The van der Waals surface area contributed by atoms with E-state index in [4.69, 9.17) is 28.0 Å². The van der Waals surface area contributed by atoms with Gasteiger partial charge >= 0.3 is 5.69 Å². The minimum Gasteiger partial charge on any atom is -0.497 e. The van der Waals surface area contributed by atoms with Crippen LogP contribution in [-0.2, 0) is 30.7 Å². The summed E-state index contributed by atoms with van der Waals surface area (Å²) in [7, 11) is 1.59. The molecule has 0 radical (unpaired) electrons.